The smallest absolute Gasteiger partial charge is 0.212 e. The van der Waals surface area contributed by atoms with Gasteiger partial charge in [0, 0.05) is 17.5 Å². The fraction of sp³-hybridized carbons (Fsp3) is 0.267. The maximum Gasteiger partial charge on any atom is 0.212 e. The highest BCUT2D eigenvalue weighted by atomic mass is 32.1. The minimum absolute atomic E-state index is 0.0257. The van der Waals surface area contributed by atoms with Crippen molar-refractivity contribution in [1.82, 2.24) is 9.88 Å². The summed E-state index contributed by atoms with van der Waals surface area (Å²) in [7, 11) is 0. The Morgan fingerprint density at radius 3 is 2.86 bits per heavy atom. The van der Waals surface area contributed by atoms with Gasteiger partial charge in [-0.3, -0.25) is 9.59 Å². The van der Waals surface area contributed by atoms with E-state index in [0.29, 0.717) is 11.3 Å². The van der Waals surface area contributed by atoms with E-state index in [0.717, 1.165) is 30.8 Å². The quantitative estimate of drug-likeness (QED) is 0.644. The van der Waals surface area contributed by atoms with Crippen LogP contribution in [0.3, 0.4) is 0 Å². The van der Waals surface area contributed by atoms with Gasteiger partial charge in [-0.25, -0.2) is 9.37 Å². The second kappa shape index (κ2) is 5.73. The van der Waals surface area contributed by atoms with Gasteiger partial charge in [-0.1, -0.05) is 0 Å². The van der Waals surface area contributed by atoms with E-state index >= 15 is 0 Å². The van der Waals surface area contributed by atoms with Crippen LogP contribution in [0.2, 0.25) is 0 Å². The number of likely N-dealkylation sites (tertiary alicyclic amines) is 1. The van der Waals surface area contributed by atoms with Crippen molar-refractivity contribution >= 4 is 23.5 Å². The third-order valence-corrected chi connectivity index (χ3v) is 4.52. The number of hydrogen-bond acceptors (Lipinski definition) is 4. The monoisotopic (exact) mass is 304 g/mol. The molecule has 0 aliphatic carbocycles. The number of halogens is 1. The molecule has 1 aliphatic rings. The lowest BCUT2D eigenvalue weighted by Gasteiger charge is -2.16. The Morgan fingerprint density at radius 1 is 1.38 bits per heavy atom. The molecular weight excluding hydrogens is 291 g/mol. The Labute approximate surface area is 125 Å². The average Bonchev–Trinajstić information content (AvgIpc) is 3.15. The summed E-state index contributed by atoms with van der Waals surface area (Å²) in [4.78, 5) is 29.3. The number of aromatic nitrogens is 1. The highest BCUT2D eigenvalue weighted by Crippen LogP contribution is 2.32. The first-order chi connectivity index (χ1) is 10.2. The van der Waals surface area contributed by atoms with E-state index in [1.54, 1.807) is 10.3 Å². The number of carbonyl (C=O) groups excluding carboxylic acids is 2. The van der Waals surface area contributed by atoms with Crippen molar-refractivity contribution in [2.45, 2.75) is 18.9 Å². The minimum atomic E-state index is -0.377. The second-order valence-electron chi connectivity index (χ2n) is 4.91. The topological polar surface area (TPSA) is 50.3 Å². The van der Waals surface area contributed by atoms with E-state index in [9.17, 15) is 14.0 Å². The summed E-state index contributed by atoms with van der Waals surface area (Å²) in [6.07, 6.45) is 2.65. The Kier molecular flexibility index (Phi) is 3.79. The molecule has 1 fully saturated rings. The summed E-state index contributed by atoms with van der Waals surface area (Å²) >= 11 is 1.39. The van der Waals surface area contributed by atoms with E-state index < -0.39 is 0 Å². The van der Waals surface area contributed by atoms with Gasteiger partial charge in [-0.15, -0.1) is 11.3 Å². The summed E-state index contributed by atoms with van der Waals surface area (Å²) in [6, 6.07) is 5.38. The number of hydrogen-bond donors (Lipinski definition) is 0. The van der Waals surface area contributed by atoms with Crippen molar-refractivity contribution in [1.29, 1.82) is 0 Å². The largest absolute Gasteiger partial charge is 0.336 e. The normalized spacial score (nSPS) is 18.0. The van der Waals surface area contributed by atoms with E-state index in [-0.39, 0.29) is 17.6 Å². The average molecular weight is 304 g/mol. The molecule has 0 spiro atoms. The summed E-state index contributed by atoms with van der Waals surface area (Å²) < 4.78 is 12.9. The lowest BCUT2D eigenvalue weighted by Crippen LogP contribution is -2.21. The lowest BCUT2D eigenvalue weighted by atomic mass is 10.1. The summed E-state index contributed by atoms with van der Waals surface area (Å²) in [5.41, 5.74) is 0.756. The van der Waals surface area contributed by atoms with Gasteiger partial charge in [0.15, 0.2) is 0 Å². The minimum Gasteiger partial charge on any atom is -0.336 e. The molecule has 2 aromatic rings. The van der Waals surface area contributed by atoms with Gasteiger partial charge >= 0.3 is 0 Å². The van der Waals surface area contributed by atoms with Crippen molar-refractivity contribution < 1.29 is 14.0 Å². The zero-order chi connectivity index (χ0) is 14.8. The standard InChI is InChI=1S/C15H13FN2O2S/c16-11-5-3-10(4-6-11)14(20)12-8-21-15(17-12)13-2-1-7-18(13)9-19/h3-6,8-9,13H,1-2,7H2. The molecule has 1 amide bonds. The van der Waals surface area contributed by atoms with Crippen molar-refractivity contribution in [3.63, 3.8) is 0 Å². The zero-order valence-corrected chi connectivity index (χ0v) is 12.0. The van der Waals surface area contributed by atoms with E-state index in [1.807, 2.05) is 0 Å². The molecule has 1 saturated heterocycles. The molecule has 0 bridgehead atoms. The molecule has 108 valence electrons. The molecule has 1 atom stereocenters. The molecule has 0 saturated carbocycles. The number of carbonyl (C=O) groups is 2. The lowest BCUT2D eigenvalue weighted by molar-refractivity contribution is -0.118. The molecule has 0 N–H and O–H groups in total. The van der Waals surface area contributed by atoms with Crippen LogP contribution in [0.5, 0.6) is 0 Å². The van der Waals surface area contributed by atoms with Crippen LogP contribution in [0.25, 0.3) is 0 Å². The molecule has 1 aromatic carbocycles. The molecule has 3 rings (SSSR count). The SMILES string of the molecule is O=CN1CCCC1c1nc(C(=O)c2ccc(F)cc2)cs1. The third kappa shape index (κ3) is 2.71. The van der Waals surface area contributed by atoms with Crippen LogP contribution in [0, 0.1) is 5.82 Å². The van der Waals surface area contributed by atoms with Crippen LogP contribution in [0.15, 0.2) is 29.6 Å². The predicted octanol–water partition coefficient (Wildman–Crippen LogP) is 2.81. The van der Waals surface area contributed by atoms with Gasteiger partial charge in [0.25, 0.3) is 0 Å². The van der Waals surface area contributed by atoms with Crippen LogP contribution >= 0.6 is 11.3 Å². The van der Waals surface area contributed by atoms with Crippen molar-refractivity contribution in [2.75, 3.05) is 6.54 Å². The van der Waals surface area contributed by atoms with Crippen molar-refractivity contribution in [2.24, 2.45) is 0 Å². The first-order valence-corrected chi connectivity index (χ1v) is 7.54. The Bertz CT molecular complexity index is 669. The maximum atomic E-state index is 12.9. The molecule has 21 heavy (non-hydrogen) atoms. The summed E-state index contributed by atoms with van der Waals surface area (Å²) in [5.74, 6) is -0.605. The van der Waals surface area contributed by atoms with Gasteiger partial charge in [0.2, 0.25) is 12.2 Å². The second-order valence-corrected chi connectivity index (χ2v) is 5.80. The van der Waals surface area contributed by atoms with Crippen LogP contribution in [0.1, 0.15) is 39.9 Å². The fourth-order valence-corrected chi connectivity index (χ4v) is 3.43. The molecule has 0 radical (unpaired) electrons. The van der Waals surface area contributed by atoms with Crippen LogP contribution in [-0.4, -0.2) is 28.6 Å². The number of amides is 1. The molecule has 1 unspecified atom stereocenters. The number of rotatable bonds is 4. The zero-order valence-electron chi connectivity index (χ0n) is 11.2. The Hall–Kier alpha value is -2.08. The number of ketones is 1. The summed E-state index contributed by atoms with van der Waals surface area (Å²) in [5, 5.41) is 2.48. The maximum absolute atomic E-state index is 12.9. The van der Waals surface area contributed by atoms with Gasteiger partial charge < -0.3 is 4.90 Å². The molecule has 2 heterocycles. The van der Waals surface area contributed by atoms with Crippen LogP contribution in [-0.2, 0) is 4.79 Å². The number of thiazole rings is 1. The Balaban J connectivity index is 1.83. The molecule has 1 aromatic heterocycles. The first kappa shape index (κ1) is 13.9. The molecule has 4 nitrogen and oxygen atoms in total. The predicted molar refractivity (Wildman–Crippen MR) is 76.7 cm³/mol. The fourth-order valence-electron chi connectivity index (χ4n) is 2.47. The van der Waals surface area contributed by atoms with Crippen LogP contribution in [0.4, 0.5) is 4.39 Å². The van der Waals surface area contributed by atoms with Gasteiger partial charge in [0.05, 0.1) is 6.04 Å². The number of nitrogens with zero attached hydrogens (tertiary/aromatic N) is 2. The highest BCUT2D eigenvalue weighted by molar-refractivity contribution is 7.10. The molecular formula is C15H13FN2O2S. The van der Waals surface area contributed by atoms with Crippen LogP contribution < -0.4 is 0 Å². The van der Waals surface area contributed by atoms with E-state index in [1.165, 1.54) is 35.6 Å². The van der Waals surface area contributed by atoms with Crippen molar-refractivity contribution in [3.8, 4) is 0 Å². The van der Waals surface area contributed by atoms with Crippen molar-refractivity contribution in [3.05, 3.63) is 51.7 Å². The number of benzene rings is 1. The highest BCUT2D eigenvalue weighted by Gasteiger charge is 2.28. The first-order valence-electron chi connectivity index (χ1n) is 6.66. The molecule has 6 heteroatoms. The van der Waals surface area contributed by atoms with Gasteiger partial charge in [0.1, 0.15) is 16.5 Å². The molecule has 1 aliphatic heterocycles. The van der Waals surface area contributed by atoms with Gasteiger partial charge in [-0.2, -0.15) is 0 Å². The van der Waals surface area contributed by atoms with Gasteiger partial charge in [-0.05, 0) is 37.1 Å². The Morgan fingerprint density at radius 2 is 2.14 bits per heavy atom. The third-order valence-electron chi connectivity index (χ3n) is 3.58. The summed E-state index contributed by atoms with van der Waals surface area (Å²) in [6.45, 7) is 0.731. The van der Waals surface area contributed by atoms with E-state index in [2.05, 4.69) is 4.98 Å². The van der Waals surface area contributed by atoms with E-state index in [4.69, 9.17) is 0 Å².